The summed E-state index contributed by atoms with van der Waals surface area (Å²) in [5.41, 5.74) is -0.850. The average Bonchev–Trinajstić information content (AvgIpc) is 3.29. The van der Waals surface area contributed by atoms with E-state index in [0.29, 0.717) is 30.3 Å². The number of rotatable bonds is 7. The fourth-order valence-corrected chi connectivity index (χ4v) is 3.52. The second-order valence-corrected chi connectivity index (χ2v) is 7.77. The smallest absolute Gasteiger partial charge is 0.342 e. The average molecular weight is 529 g/mol. The molecule has 1 aromatic carbocycles. The summed E-state index contributed by atoms with van der Waals surface area (Å²) >= 11 is 5.77. The van der Waals surface area contributed by atoms with Crippen molar-refractivity contribution >= 4 is 36.9 Å². The maximum Gasteiger partial charge on any atom is 0.416 e. The molecule has 0 radical (unpaired) electrons. The van der Waals surface area contributed by atoms with E-state index >= 15 is 0 Å². The van der Waals surface area contributed by atoms with Gasteiger partial charge in [-0.15, -0.1) is 0 Å². The number of carbonyl (C=O) groups is 2. The zero-order valence-electron chi connectivity index (χ0n) is 19.1. The van der Waals surface area contributed by atoms with E-state index in [4.69, 9.17) is 11.6 Å². The minimum atomic E-state index is -4.64. The molecule has 3 aromatic rings. The van der Waals surface area contributed by atoms with Crippen molar-refractivity contribution in [3.05, 3.63) is 70.4 Å². The molecule has 1 N–H and O–H groups in total. The highest BCUT2D eigenvalue weighted by atomic mass is 35.5. The lowest BCUT2D eigenvalue weighted by Crippen LogP contribution is -2.30. The third-order valence-electron chi connectivity index (χ3n) is 5.06. The van der Waals surface area contributed by atoms with Gasteiger partial charge < -0.3 is 10.2 Å². The number of pyridine rings is 1. The molecule has 188 valence electrons. The molecule has 35 heavy (non-hydrogen) atoms. The van der Waals surface area contributed by atoms with Crippen molar-refractivity contribution in [1.82, 2.24) is 30.0 Å². The van der Waals surface area contributed by atoms with Crippen LogP contribution in [0.3, 0.4) is 0 Å². The molecule has 8 nitrogen and oxygen atoms in total. The van der Waals surface area contributed by atoms with Gasteiger partial charge in [0.25, 0.3) is 11.8 Å². The molecule has 2 heterocycles. The molecular formula is C22H24ClF3N6O2S. The molecule has 0 aliphatic rings. The molecule has 0 fully saturated rings. The van der Waals surface area contributed by atoms with Crippen molar-refractivity contribution in [2.75, 3.05) is 13.1 Å². The molecule has 13 heteroatoms. The lowest BCUT2D eigenvalue weighted by atomic mass is 10.1. The summed E-state index contributed by atoms with van der Waals surface area (Å²) in [7, 11) is 0. The first kappa shape index (κ1) is 28.1. The maximum atomic E-state index is 13.1. The maximum absolute atomic E-state index is 13.1. The van der Waals surface area contributed by atoms with Crippen molar-refractivity contribution in [2.45, 2.75) is 33.0 Å². The molecule has 2 amide bonds. The molecule has 0 aliphatic heterocycles. The number of amides is 2. The van der Waals surface area contributed by atoms with Gasteiger partial charge in [-0.3, -0.25) is 9.59 Å². The Labute approximate surface area is 212 Å². The number of hydrogen-bond donors (Lipinski definition) is 1. The first-order chi connectivity index (χ1) is 16.0. The number of halogens is 4. The quantitative estimate of drug-likeness (QED) is 0.490. The molecule has 3 rings (SSSR count). The van der Waals surface area contributed by atoms with E-state index in [1.54, 1.807) is 24.0 Å². The van der Waals surface area contributed by atoms with Crippen LogP contribution in [0.4, 0.5) is 13.2 Å². The van der Waals surface area contributed by atoms with E-state index < -0.39 is 23.7 Å². The molecule has 2 aromatic heterocycles. The van der Waals surface area contributed by atoms with Gasteiger partial charge in [0.15, 0.2) is 11.6 Å². The van der Waals surface area contributed by atoms with Crippen LogP contribution < -0.4 is 5.32 Å². The molecule has 0 saturated carbocycles. The summed E-state index contributed by atoms with van der Waals surface area (Å²) < 4.78 is 40.5. The third-order valence-corrected chi connectivity index (χ3v) is 5.28. The van der Waals surface area contributed by atoms with E-state index in [-0.39, 0.29) is 30.0 Å². The zero-order valence-corrected chi connectivity index (χ0v) is 20.9. The van der Waals surface area contributed by atoms with Gasteiger partial charge in [-0.05, 0) is 51.1 Å². The molecular weight excluding hydrogens is 505 g/mol. The molecule has 0 unspecified atom stereocenters. The summed E-state index contributed by atoms with van der Waals surface area (Å²) in [6.45, 7) is 6.50. The van der Waals surface area contributed by atoms with Gasteiger partial charge in [-0.25, -0.2) is 9.97 Å². The second kappa shape index (κ2) is 11.5. The van der Waals surface area contributed by atoms with Crippen LogP contribution in [-0.2, 0) is 6.18 Å². The highest BCUT2D eigenvalue weighted by molar-refractivity contribution is 7.59. The molecule has 0 saturated heterocycles. The van der Waals surface area contributed by atoms with Crippen molar-refractivity contribution in [1.29, 1.82) is 0 Å². The van der Waals surface area contributed by atoms with Gasteiger partial charge in [-0.1, -0.05) is 11.6 Å². The number of nitrogens with one attached hydrogen (secondary N) is 1. The Hall–Kier alpha value is -3.12. The van der Waals surface area contributed by atoms with Crippen molar-refractivity contribution in [3.8, 4) is 5.82 Å². The minimum absolute atomic E-state index is 0. The van der Waals surface area contributed by atoms with E-state index in [1.165, 1.54) is 17.2 Å². The molecule has 0 bridgehead atoms. The van der Waals surface area contributed by atoms with Crippen LogP contribution >= 0.6 is 25.1 Å². The first-order valence-corrected chi connectivity index (χ1v) is 10.8. The molecule has 0 aliphatic carbocycles. The van der Waals surface area contributed by atoms with Crippen LogP contribution in [0.2, 0.25) is 5.02 Å². The highest BCUT2D eigenvalue weighted by Crippen LogP contribution is 2.32. The predicted octanol–water partition coefficient (Wildman–Crippen LogP) is 4.42. The number of aromatic nitrogens is 4. The minimum Gasteiger partial charge on any atom is -0.342 e. The largest absolute Gasteiger partial charge is 0.416 e. The van der Waals surface area contributed by atoms with Crippen molar-refractivity contribution < 1.29 is 22.8 Å². The number of alkyl halides is 3. The molecule has 0 spiro atoms. The van der Waals surface area contributed by atoms with Gasteiger partial charge in [0.1, 0.15) is 6.33 Å². The summed E-state index contributed by atoms with van der Waals surface area (Å²) in [5.74, 6) is -0.264. The summed E-state index contributed by atoms with van der Waals surface area (Å²) in [5, 5.41) is 6.51. The van der Waals surface area contributed by atoms with Gasteiger partial charge in [0.2, 0.25) is 0 Å². The third kappa shape index (κ3) is 6.51. The van der Waals surface area contributed by atoms with Crippen LogP contribution in [0.25, 0.3) is 5.82 Å². The van der Waals surface area contributed by atoms with Crippen LogP contribution in [0.5, 0.6) is 0 Å². The Kier molecular flexibility index (Phi) is 9.27. The van der Waals surface area contributed by atoms with E-state index in [1.807, 2.05) is 13.8 Å². The zero-order chi connectivity index (χ0) is 25.0. The Bertz CT molecular complexity index is 1180. The first-order valence-electron chi connectivity index (χ1n) is 10.4. The normalized spacial score (nSPS) is 12.0. The fraction of sp³-hybridized carbons (Fsp3) is 0.318. The highest BCUT2D eigenvalue weighted by Gasteiger charge is 2.32. The van der Waals surface area contributed by atoms with Crippen molar-refractivity contribution in [3.63, 3.8) is 0 Å². The monoisotopic (exact) mass is 528 g/mol. The number of benzene rings is 1. The van der Waals surface area contributed by atoms with Crippen LogP contribution in [-0.4, -0.2) is 49.6 Å². The van der Waals surface area contributed by atoms with Crippen LogP contribution in [0.1, 0.15) is 58.9 Å². The van der Waals surface area contributed by atoms with Gasteiger partial charge in [0.05, 0.1) is 17.2 Å². The fourth-order valence-electron chi connectivity index (χ4n) is 3.28. The Morgan fingerprint density at radius 3 is 2.37 bits per heavy atom. The standard InChI is InChI=1S/C22H22ClF3N6O2.H2S/c1-4-31(5-2)21(34)14-6-7-18(27-11-14)32-19(28-12-29-32)13(3)30-20(33)15-8-16(22(24,25)26)10-17(23)9-15;/h6-13H,4-5H2,1-3H3,(H,30,33);1H2/t13-;/m0./s1. The lowest BCUT2D eigenvalue weighted by molar-refractivity contribution is -0.137. The van der Waals surface area contributed by atoms with Crippen LogP contribution in [0, 0.1) is 0 Å². The number of carbonyl (C=O) groups excluding carboxylic acids is 2. The SMILES string of the molecule is CCN(CC)C(=O)c1ccc(-n2ncnc2[C@H](C)NC(=O)c2cc(Cl)cc(C(F)(F)F)c2)nc1.S. The number of nitrogens with zero attached hydrogens (tertiary/aromatic N) is 5. The van der Waals surface area contributed by atoms with Crippen molar-refractivity contribution in [2.24, 2.45) is 0 Å². The summed E-state index contributed by atoms with van der Waals surface area (Å²) in [4.78, 5) is 35.2. The van der Waals surface area contributed by atoms with Gasteiger partial charge in [-0.2, -0.15) is 36.4 Å². The predicted molar refractivity (Wildman–Crippen MR) is 129 cm³/mol. The van der Waals surface area contributed by atoms with E-state index in [9.17, 15) is 22.8 Å². The second-order valence-electron chi connectivity index (χ2n) is 7.33. The van der Waals surface area contributed by atoms with E-state index in [0.717, 1.165) is 18.2 Å². The topological polar surface area (TPSA) is 93.0 Å². The van der Waals surface area contributed by atoms with Crippen LogP contribution in [0.15, 0.2) is 42.9 Å². The number of hydrogen-bond acceptors (Lipinski definition) is 5. The van der Waals surface area contributed by atoms with Gasteiger partial charge in [0, 0.05) is 29.9 Å². The Balaban J connectivity index is 0.00000432. The summed E-state index contributed by atoms with van der Waals surface area (Å²) in [6.07, 6.45) is -1.96. The summed E-state index contributed by atoms with van der Waals surface area (Å²) in [6, 6.07) is 5.10. The lowest BCUT2D eigenvalue weighted by Gasteiger charge is -2.18. The van der Waals surface area contributed by atoms with Gasteiger partial charge >= 0.3 is 6.18 Å². The molecule has 1 atom stereocenters. The van der Waals surface area contributed by atoms with E-state index in [2.05, 4.69) is 20.4 Å². The Morgan fingerprint density at radius 2 is 1.80 bits per heavy atom. The Morgan fingerprint density at radius 1 is 1.11 bits per heavy atom.